The SMILES string of the molecule is CN1CCN/C(=C(N)\N=C/N)C1. The summed E-state index contributed by atoms with van der Waals surface area (Å²) < 4.78 is 0. The second-order valence-electron chi connectivity index (χ2n) is 2.81. The van der Waals surface area contributed by atoms with Crippen LogP contribution < -0.4 is 16.8 Å². The molecule has 0 aromatic heterocycles. The average Bonchev–Trinajstić information content (AvgIpc) is 2.05. The Kier molecular flexibility index (Phi) is 2.93. The van der Waals surface area contributed by atoms with Gasteiger partial charge >= 0.3 is 0 Å². The first-order chi connectivity index (χ1) is 5.74. The summed E-state index contributed by atoms with van der Waals surface area (Å²) in [6, 6.07) is 0. The molecule has 5 heteroatoms. The summed E-state index contributed by atoms with van der Waals surface area (Å²) in [7, 11) is 2.04. The van der Waals surface area contributed by atoms with Gasteiger partial charge in [-0.1, -0.05) is 0 Å². The lowest BCUT2D eigenvalue weighted by molar-refractivity contribution is 0.321. The van der Waals surface area contributed by atoms with Gasteiger partial charge in [-0.05, 0) is 7.05 Å². The Morgan fingerprint density at radius 3 is 3.08 bits per heavy atom. The number of piperazine rings is 1. The van der Waals surface area contributed by atoms with Gasteiger partial charge < -0.3 is 16.8 Å². The zero-order valence-corrected chi connectivity index (χ0v) is 7.25. The second-order valence-corrected chi connectivity index (χ2v) is 2.81. The maximum Gasteiger partial charge on any atom is 0.145 e. The number of rotatable bonds is 1. The summed E-state index contributed by atoms with van der Waals surface area (Å²) in [5.41, 5.74) is 11.7. The Labute approximate surface area is 72.1 Å². The highest BCUT2D eigenvalue weighted by Gasteiger charge is 2.11. The third-order valence-corrected chi connectivity index (χ3v) is 1.78. The maximum atomic E-state index is 5.63. The smallest absolute Gasteiger partial charge is 0.145 e. The molecule has 1 aliphatic heterocycles. The Balaban J connectivity index is 2.65. The van der Waals surface area contributed by atoms with Gasteiger partial charge in [-0.15, -0.1) is 0 Å². The first kappa shape index (κ1) is 8.86. The van der Waals surface area contributed by atoms with Gasteiger partial charge in [-0.25, -0.2) is 4.99 Å². The molecule has 0 radical (unpaired) electrons. The number of hydrogen-bond acceptors (Lipinski definition) is 4. The largest absolute Gasteiger partial charge is 0.390 e. The van der Waals surface area contributed by atoms with Gasteiger partial charge in [0.05, 0.1) is 12.0 Å². The first-order valence-corrected chi connectivity index (χ1v) is 3.89. The molecular formula is C7H15N5. The van der Waals surface area contributed by atoms with Crippen LogP contribution in [-0.4, -0.2) is 37.9 Å². The molecule has 0 spiro atoms. The normalized spacial score (nSPS) is 24.1. The van der Waals surface area contributed by atoms with Crippen LogP contribution in [0.1, 0.15) is 0 Å². The van der Waals surface area contributed by atoms with Gasteiger partial charge in [0.2, 0.25) is 0 Å². The van der Waals surface area contributed by atoms with Gasteiger partial charge in [-0.3, -0.25) is 4.90 Å². The van der Waals surface area contributed by atoms with Gasteiger partial charge in [0.1, 0.15) is 5.82 Å². The van der Waals surface area contributed by atoms with Crippen molar-refractivity contribution in [2.75, 3.05) is 26.7 Å². The Hall–Kier alpha value is -1.23. The predicted molar refractivity (Wildman–Crippen MR) is 49.4 cm³/mol. The zero-order chi connectivity index (χ0) is 8.97. The molecule has 0 unspecified atom stereocenters. The number of nitrogens with two attached hydrogens (primary N) is 2. The summed E-state index contributed by atoms with van der Waals surface area (Å²) in [5, 5.41) is 3.18. The minimum atomic E-state index is 0.476. The van der Waals surface area contributed by atoms with E-state index in [9.17, 15) is 0 Å². The van der Waals surface area contributed by atoms with Crippen molar-refractivity contribution < 1.29 is 0 Å². The van der Waals surface area contributed by atoms with Crippen LogP contribution in [0.5, 0.6) is 0 Å². The van der Waals surface area contributed by atoms with E-state index in [4.69, 9.17) is 11.5 Å². The van der Waals surface area contributed by atoms with Crippen LogP contribution in [0.15, 0.2) is 16.5 Å². The molecule has 5 N–H and O–H groups in total. The van der Waals surface area contributed by atoms with Crippen LogP contribution in [0.3, 0.4) is 0 Å². The molecular weight excluding hydrogens is 154 g/mol. The molecule has 1 rings (SSSR count). The summed E-state index contributed by atoms with van der Waals surface area (Å²) in [6.07, 6.45) is 1.21. The molecule has 1 fully saturated rings. The van der Waals surface area contributed by atoms with Crippen molar-refractivity contribution in [2.24, 2.45) is 16.5 Å². The van der Waals surface area contributed by atoms with Crippen LogP contribution in [0.4, 0.5) is 0 Å². The minimum Gasteiger partial charge on any atom is -0.390 e. The summed E-state index contributed by atoms with van der Waals surface area (Å²) in [6.45, 7) is 2.75. The lowest BCUT2D eigenvalue weighted by atomic mass is 10.3. The average molecular weight is 169 g/mol. The molecule has 0 saturated carbocycles. The molecule has 1 heterocycles. The Bertz CT molecular complexity index is 208. The fourth-order valence-corrected chi connectivity index (χ4v) is 1.13. The molecule has 0 aromatic carbocycles. The first-order valence-electron chi connectivity index (χ1n) is 3.89. The summed E-state index contributed by atoms with van der Waals surface area (Å²) in [4.78, 5) is 5.98. The van der Waals surface area contributed by atoms with Crippen molar-refractivity contribution in [3.8, 4) is 0 Å². The van der Waals surface area contributed by atoms with E-state index >= 15 is 0 Å². The molecule has 1 aliphatic rings. The van der Waals surface area contributed by atoms with E-state index in [1.165, 1.54) is 6.34 Å². The van der Waals surface area contributed by atoms with E-state index in [0.717, 1.165) is 25.3 Å². The lowest BCUT2D eigenvalue weighted by Gasteiger charge is -2.26. The monoisotopic (exact) mass is 169 g/mol. The summed E-state index contributed by atoms with van der Waals surface area (Å²) in [5.74, 6) is 0.476. The molecule has 0 atom stereocenters. The number of likely N-dealkylation sites (N-methyl/N-ethyl adjacent to an activating group) is 1. The lowest BCUT2D eigenvalue weighted by Crippen LogP contribution is -2.40. The van der Waals surface area contributed by atoms with E-state index in [2.05, 4.69) is 15.2 Å². The van der Waals surface area contributed by atoms with Crippen molar-refractivity contribution >= 4 is 6.34 Å². The quantitative estimate of drug-likeness (QED) is 0.334. The van der Waals surface area contributed by atoms with Crippen molar-refractivity contribution in [2.45, 2.75) is 0 Å². The molecule has 0 bridgehead atoms. The van der Waals surface area contributed by atoms with Crippen molar-refractivity contribution in [3.63, 3.8) is 0 Å². The second kappa shape index (κ2) is 3.96. The minimum absolute atomic E-state index is 0.476. The highest BCUT2D eigenvalue weighted by molar-refractivity contribution is 5.53. The molecule has 0 aromatic rings. The molecule has 12 heavy (non-hydrogen) atoms. The van der Waals surface area contributed by atoms with Crippen molar-refractivity contribution in [1.82, 2.24) is 10.2 Å². The molecule has 0 amide bonds. The molecule has 0 aliphatic carbocycles. The fraction of sp³-hybridized carbons (Fsp3) is 0.571. The van der Waals surface area contributed by atoms with Crippen LogP contribution in [-0.2, 0) is 0 Å². The van der Waals surface area contributed by atoms with E-state index in [1.54, 1.807) is 0 Å². The topological polar surface area (TPSA) is 79.7 Å². The molecule has 1 saturated heterocycles. The van der Waals surface area contributed by atoms with Crippen LogP contribution in [0, 0.1) is 0 Å². The van der Waals surface area contributed by atoms with Crippen LogP contribution in [0.2, 0.25) is 0 Å². The zero-order valence-electron chi connectivity index (χ0n) is 7.25. The molecule has 5 nitrogen and oxygen atoms in total. The number of nitrogens with one attached hydrogen (secondary N) is 1. The van der Waals surface area contributed by atoms with Crippen LogP contribution in [0.25, 0.3) is 0 Å². The Morgan fingerprint density at radius 2 is 2.50 bits per heavy atom. The van der Waals surface area contributed by atoms with Gasteiger partial charge in [0.15, 0.2) is 0 Å². The summed E-state index contributed by atoms with van der Waals surface area (Å²) >= 11 is 0. The van der Waals surface area contributed by atoms with E-state index < -0.39 is 0 Å². The van der Waals surface area contributed by atoms with E-state index in [1.807, 2.05) is 7.05 Å². The highest BCUT2D eigenvalue weighted by atomic mass is 15.2. The van der Waals surface area contributed by atoms with Gasteiger partial charge in [-0.2, -0.15) is 0 Å². The third kappa shape index (κ3) is 2.13. The molecule has 68 valence electrons. The van der Waals surface area contributed by atoms with E-state index in [0.29, 0.717) is 5.82 Å². The standard InChI is InChI=1S/C7H15N5/c1-12-3-2-10-6(4-12)7(9)11-5-8/h5,10H,2-4,9H2,1H3,(H2,8,11)/b7-6-. The predicted octanol–water partition coefficient (Wildman–Crippen LogP) is -1.36. The van der Waals surface area contributed by atoms with Gasteiger partial charge in [0, 0.05) is 19.6 Å². The van der Waals surface area contributed by atoms with Gasteiger partial charge in [0.25, 0.3) is 0 Å². The highest BCUT2D eigenvalue weighted by Crippen LogP contribution is 2.02. The van der Waals surface area contributed by atoms with E-state index in [-0.39, 0.29) is 0 Å². The van der Waals surface area contributed by atoms with Crippen LogP contribution >= 0.6 is 0 Å². The van der Waals surface area contributed by atoms with Crippen molar-refractivity contribution in [3.05, 3.63) is 11.5 Å². The third-order valence-electron chi connectivity index (χ3n) is 1.78. The maximum absolute atomic E-state index is 5.63. The number of hydrogen-bond donors (Lipinski definition) is 3. The fourth-order valence-electron chi connectivity index (χ4n) is 1.13. The Morgan fingerprint density at radius 1 is 1.75 bits per heavy atom. The van der Waals surface area contributed by atoms with Crippen molar-refractivity contribution in [1.29, 1.82) is 0 Å². The number of aliphatic imine (C=N–C) groups is 1. The number of nitrogens with zero attached hydrogens (tertiary/aromatic N) is 2.